The maximum Gasteiger partial charge on any atom is 0.246 e. The maximum atomic E-state index is 11.0. The van der Waals surface area contributed by atoms with Crippen molar-refractivity contribution < 1.29 is 15.0 Å². The molecule has 12 heavy (non-hydrogen) atoms. The average Bonchev–Trinajstić information content (AvgIpc) is 2.00. The smallest absolute Gasteiger partial charge is 0.246 e. The molecule has 4 heteroatoms. The predicted octanol–water partition coefficient (Wildman–Crippen LogP) is -0.230. The van der Waals surface area contributed by atoms with Crippen LogP contribution >= 0.6 is 0 Å². The highest BCUT2D eigenvalue weighted by Crippen LogP contribution is 1.94. The molecule has 0 spiro atoms. The summed E-state index contributed by atoms with van der Waals surface area (Å²) in [4.78, 5) is 11.0. The molecule has 1 amide bonds. The lowest BCUT2D eigenvalue weighted by atomic mass is 10.2. The Morgan fingerprint density at radius 3 is 2.58 bits per heavy atom. The van der Waals surface area contributed by atoms with Gasteiger partial charge in [-0.25, -0.2) is 0 Å². The van der Waals surface area contributed by atoms with E-state index in [2.05, 4.69) is 5.32 Å². The molecule has 0 saturated heterocycles. The second-order valence-electron chi connectivity index (χ2n) is 2.49. The van der Waals surface area contributed by atoms with E-state index >= 15 is 0 Å². The number of nitrogens with one attached hydrogen (secondary N) is 1. The fraction of sp³-hybridized carbons (Fsp3) is 0.625. The SMILES string of the molecule is CCC=C(C)C(=O)NCC(O)O. The maximum absolute atomic E-state index is 11.0. The fourth-order valence-electron chi connectivity index (χ4n) is 0.722. The molecular weight excluding hydrogens is 158 g/mol. The van der Waals surface area contributed by atoms with Crippen LogP contribution in [0, 0.1) is 0 Å². The van der Waals surface area contributed by atoms with Crippen molar-refractivity contribution in [1.29, 1.82) is 0 Å². The number of rotatable bonds is 4. The molecule has 0 fully saturated rings. The van der Waals surface area contributed by atoms with Crippen LogP contribution in [0.3, 0.4) is 0 Å². The van der Waals surface area contributed by atoms with Crippen molar-refractivity contribution in [1.82, 2.24) is 5.32 Å². The molecule has 70 valence electrons. The normalized spacial score (nSPS) is 11.9. The highest BCUT2D eigenvalue weighted by Gasteiger charge is 2.04. The van der Waals surface area contributed by atoms with Crippen molar-refractivity contribution in [2.24, 2.45) is 0 Å². The Kier molecular flexibility index (Phi) is 5.32. The molecule has 0 aromatic heterocycles. The molecule has 0 aliphatic carbocycles. The van der Waals surface area contributed by atoms with Crippen LogP contribution in [0.5, 0.6) is 0 Å². The van der Waals surface area contributed by atoms with E-state index in [1.54, 1.807) is 13.0 Å². The highest BCUT2D eigenvalue weighted by molar-refractivity contribution is 5.92. The van der Waals surface area contributed by atoms with E-state index in [9.17, 15) is 4.79 Å². The first-order chi connectivity index (χ1) is 5.57. The van der Waals surface area contributed by atoms with E-state index < -0.39 is 6.29 Å². The first-order valence-corrected chi connectivity index (χ1v) is 3.89. The molecule has 0 rings (SSSR count). The summed E-state index contributed by atoms with van der Waals surface area (Å²) >= 11 is 0. The van der Waals surface area contributed by atoms with Gasteiger partial charge in [0.15, 0.2) is 6.29 Å². The molecule has 3 N–H and O–H groups in total. The Hall–Kier alpha value is -0.870. The number of amides is 1. The molecule has 0 unspecified atom stereocenters. The lowest BCUT2D eigenvalue weighted by molar-refractivity contribution is -0.119. The third-order valence-electron chi connectivity index (χ3n) is 1.31. The Balaban J connectivity index is 3.80. The highest BCUT2D eigenvalue weighted by atomic mass is 16.5. The topological polar surface area (TPSA) is 69.6 Å². The molecular formula is C8H15NO3. The predicted molar refractivity (Wildman–Crippen MR) is 45.3 cm³/mol. The zero-order valence-corrected chi connectivity index (χ0v) is 7.37. The van der Waals surface area contributed by atoms with Crippen LogP contribution in [-0.4, -0.2) is 29.0 Å². The summed E-state index contributed by atoms with van der Waals surface area (Å²) in [7, 11) is 0. The average molecular weight is 173 g/mol. The monoisotopic (exact) mass is 173 g/mol. The van der Waals surface area contributed by atoms with Gasteiger partial charge in [-0.1, -0.05) is 13.0 Å². The van der Waals surface area contributed by atoms with Gasteiger partial charge in [0.2, 0.25) is 5.91 Å². The third-order valence-corrected chi connectivity index (χ3v) is 1.31. The molecule has 0 aromatic rings. The van der Waals surface area contributed by atoms with Crippen molar-refractivity contribution in [2.45, 2.75) is 26.6 Å². The van der Waals surface area contributed by atoms with Gasteiger partial charge in [0.25, 0.3) is 0 Å². The van der Waals surface area contributed by atoms with Gasteiger partial charge in [-0.15, -0.1) is 0 Å². The number of allylic oxidation sites excluding steroid dienone is 1. The number of hydrogen-bond acceptors (Lipinski definition) is 3. The molecule has 0 radical (unpaired) electrons. The molecule has 0 bridgehead atoms. The Morgan fingerprint density at radius 1 is 1.58 bits per heavy atom. The summed E-state index contributed by atoms with van der Waals surface area (Å²) in [5, 5.41) is 19.2. The number of hydrogen-bond donors (Lipinski definition) is 3. The van der Waals surface area contributed by atoms with Gasteiger partial charge in [-0.3, -0.25) is 4.79 Å². The van der Waals surface area contributed by atoms with Gasteiger partial charge in [0, 0.05) is 5.57 Å². The van der Waals surface area contributed by atoms with E-state index in [-0.39, 0.29) is 12.5 Å². The largest absolute Gasteiger partial charge is 0.367 e. The van der Waals surface area contributed by atoms with Gasteiger partial charge >= 0.3 is 0 Å². The zero-order chi connectivity index (χ0) is 9.56. The van der Waals surface area contributed by atoms with Crippen molar-refractivity contribution in [3.63, 3.8) is 0 Å². The molecule has 4 nitrogen and oxygen atoms in total. The number of carbonyl (C=O) groups excluding carboxylic acids is 1. The third kappa shape index (κ3) is 4.87. The van der Waals surface area contributed by atoms with Crippen LogP contribution in [0.2, 0.25) is 0 Å². The molecule has 0 aliphatic rings. The number of carbonyl (C=O) groups is 1. The van der Waals surface area contributed by atoms with Gasteiger partial charge < -0.3 is 15.5 Å². The fourth-order valence-corrected chi connectivity index (χ4v) is 0.722. The molecule has 0 aromatic carbocycles. The van der Waals surface area contributed by atoms with Crippen LogP contribution in [0.1, 0.15) is 20.3 Å². The van der Waals surface area contributed by atoms with E-state index in [0.717, 1.165) is 6.42 Å². The van der Waals surface area contributed by atoms with Crippen molar-refractivity contribution in [3.05, 3.63) is 11.6 Å². The quantitative estimate of drug-likeness (QED) is 0.406. The second-order valence-corrected chi connectivity index (χ2v) is 2.49. The van der Waals surface area contributed by atoms with Crippen LogP contribution in [0.25, 0.3) is 0 Å². The van der Waals surface area contributed by atoms with Crippen LogP contribution in [0.15, 0.2) is 11.6 Å². The lowest BCUT2D eigenvalue weighted by Gasteiger charge is -2.05. The summed E-state index contributed by atoms with van der Waals surface area (Å²) in [5.74, 6) is -0.259. The molecule has 0 atom stereocenters. The summed E-state index contributed by atoms with van der Waals surface area (Å²) in [6.45, 7) is 3.48. The summed E-state index contributed by atoms with van der Waals surface area (Å²) in [6, 6.07) is 0. The molecule has 0 aliphatic heterocycles. The first-order valence-electron chi connectivity index (χ1n) is 3.89. The standard InChI is InChI=1S/C8H15NO3/c1-3-4-6(2)8(12)9-5-7(10)11/h4,7,10-11H,3,5H2,1-2H3,(H,9,12). The van der Waals surface area contributed by atoms with Crippen LogP contribution in [0.4, 0.5) is 0 Å². The summed E-state index contributed by atoms with van der Waals surface area (Å²) < 4.78 is 0. The second kappa shape index (κ2) is 5.74. The molecule has 0 saturated carbocycles. The van der Waals surface area contributed by atoms with E-state index in [0.29, 0.717) is 5.57 Å². The Labute approximate surface area is 71.9 Å². The van der Waals surface area contributed by atoms with E-state index in [1.165, 1.54) is 0 Å². The van der Waals surface area contributed by atoms with Gasteiger partial charge in [0.05, 0.1) is 6.54 Å². The number of aliphatic hydroxyl groups is 2. The van der Waals surface area contributed by atoms with Crippen molar-refractivity contribution in [3.8, 4) is 0 Å². The summed E-state index contributed by atoms with van der Waals surface area (Å²) in [6.07, 6.45) is 1.09. The van der Waals surface area contributed by atoms with Crippen molar-refractivity contribution in [2.75, 3.05) is 6.54 Å². The number of aliphatic hydroxyl groups excluding tert-OH is 1. The minimum atomic E-state index is -1.48. The van der Waals surface area contributed by atoms with Crippen molar-refractivity contribution >= 4 is 5.91 Å². The minimum Gasteiger partial charge on any atom is -0.367 e. The lowest BCUT2D eigenvalue weighted by Crippen LogP contribution is -2.32. The molecule has 0 heterocycles. The van der Waals surface area contributed by atoms with Gasteiger partial charge in [0.1, 0.15) is 0 Å². The van der Waals surface area contributed by atoms with Gasteiger partial charge in [-0.2, -0.15) is 0 Å². The zero-order valence-electron chi connectivity index (χ0n) is 7.37. The van der Waals surface area contributed by atoms with Crippen LogP contribution in [-0.2, 0) is 4.79 Å². The van der Waals surface area contributed by atoms with Gasteiger partial charge in [-0.05, 0) is 13.3 Å². The first kappa shape index (κ1) is 11.1. The summed E-state index contributed by atoms with van der Waals surface area (Å²) in [5.41, 5.74) is 0.596. The Bertz CT molecular complexity index is 175. The van der Waals surface area contributed by atoms with Crippen LogP contribution < -0.4 is 5.32 Å². The van der Waals surface area contributed by atoms with E-state index in [4.69, 9.17) is 10.2 Å². The van der Waals surface area contributed by atoms with E-state index in [1.807, 2.05) is 6.92 Å². The minimum absolute atomic E-state index is 0.131. The Morgan fingerprint density at radius 2 is 2.17 bits per heavy atom.